The molecule has 54 heavy (non-hydrogen) atoms. The Labute approximate surface area is 313 Å². The van der Waals surface area contributed by atoms with Gasteiger partial charge < -0.3 is 25.0 Å². The Morgan fingerprint density at radius 3 is 2.37 bits per heavy atom. The number of benzene rings is 1. The molecular formula is C37H50F2N6O8S. The molecule has 0 unspecified atom stereocenters. The lowest BCUT2D eigenvalue weighted by atomic mass is 10.00. The number of alkyl carbamates (subject to hydrolysis) is 1. The Morgan fingerprint density at radius 1 is 1.04 bits per heavy atom. The number of fused-ring (bicyclic) bond motifs is 3. The van der Waals surface area contributed by atoms with Crippen molar-refractivity contribution in [2.45, 2.75) is 145 Å². The minimum atomic E-state index is -4.17. The number of hydrogen-bond acceptors (Lipinski definition) is 10. The van der Waals surface area contributed by atoms with Gasteiger partial charge in [0, 0.05) is 19.3 Å². The SMILES string of the molecule is CCc1nc2ccccc2nc1O[C@@H]1C[C@H]2C(=O)N[C@]3(C(=O)NS(=O)(=O)C4(C)CC4)C[C@H]3CC(F)(F)CCCCC[C@H](NC(=O)OC(C)(C)C)C(=O)N2C1. The van der Waals surface area contributed by atoms with E-state index in [4.69, 9.17) is 9.47 Å². The molecule has 5 atom stereocenters. The molecule has 0 radical (unpaired) electrons. The van der Waals surface area contributed by atoms with Gasteiger partial charge in [0.15, 0.2) is 0 Å². The number of carbonyl (C=O) groups excluding carboxylic acids is 4. The molecule has 2 saturated carbocycles. The molecule has 3 N–H and O–H groups in total. The maximum atomic E-state index is 15.4. The van der Waals surface area contributed by atoms with Crippen LogP contribution in [0.3, 0.4) is 0 Å². The molecule has 296 valence electrons. The average Bonchev–Trinajstić information content (AvgIpc) is 3.95. The quantitative estimate of drug-likeness (QED) is 0.366. The van der Waals surface area contributed by atoms with E-state index in [1.165, 1.54) is 11.8 Å². The summed E-state index contributed by atoms with van der Waals surface area (Å²) in [6.45, 7) is 8.26. The number of rotatable bonds is 7. The van der Waals surface area contributed by atoms with Crippen molar-refractivity contribution in [1.82, 2.24) is 30.2 Å². The van der Waals surface area contributed by atoms with Gasteiger partial charge >= 0.3 is 6.09 Å². The number of sulfonamides is 1. The minimum Gasteiger partial charge on any atom is -0.471 e. The number of nitrogens with zero attached hydrogens (tertiary/aromatic N) is 3. The van der Waals surface area contributed by atoms with Crippen LogP contribution in [0.5, 0.6) is 5.88 Å². The van der Waals surface area contributed by atoms with E-state index in [0.717, 1.165) is 0 Å². The summed E-state index contributed by atoms with van der Waals surface area (Å²) >= 11 is 0. The molecular weight excluding hydrogens is 727 g/mol. The van der Waals surface area contributed by atoms with E-state index in [2.05, 4.69) is 25.3 Å². The van der Waals surface area contributed by atoms with E-state index >= 15 is 8.78 Å². The lowest BCUT2D eigenvalue weighted by Gasteiger charge is -2.30. The van der Waals surface area contributed by atoms with Gasteiger partial charge in [0.25, 0.3) is 5.91 Å². The third-order valence-corrected chi connectivity index (χ3v) is 13.0. The Morgan fingerprint density at radius 2 is 1.72 bits per heavy atom. The van der Waals surface area contributed by atoms with Crippen LogP contribution in [-0.2, 0) is 35.6 Å². The van der Waals surface area contributed by atoms with Crippen LogP contribution in [0.4, 0.5) is 13.6 Å². The average molecular weight is 777 g/mol. The molecule has 0 spiro atoms. The van der Waals surface area contributed by atoms with Gasteiger partial charge in [-0.2, -0.15) is 0 Å². The normalized spacial score (nSPS) is 28.4. The lowest BCUT2D eigenvalue weighted by Crippen LogP contribution is -2.59. The summed E-state index contributed by atoms with van der Waals surface area (Å²) in [7, 11) is -4.17. The first-order valence-corrected chi connectivity index (χ1v) is 20.2. The number of amides is 4. The molecule has 1 aromatic carbocycles. The highest BCUT2D eigenvalue weighted by atomic mass is 32.2. The molecule has 1 aromatic heterocycles. The predicted octanol–water partition coefficient (Wildman–Crippen LogP) is 4.30. The van der Waals surface area contributed by atoms with Gasteiger partial charge in [-0.15, -0.1) is 0 Å². The molecule has 6 rings (SSSR count). The van der Waals surface area contributed by atoms with Crippen molar-refractivity contribution < 1.29 is 45.9 Å². The first-order valence-electron chi connectivity index (χ1n) is 18.7. The topological polar surface area (TPSA) is 186 Å². The summed E-state index contributed by atoms with van der Waals surface area (Å²) < 4.78 is 69.7. The molecule has 2 saturated heterocycles. The van der Waals surface area contributed by atoms with Gasteiger partial charge in [-0.05, 0) is 84.3 Å². The van der Waals surface area contributed by atoms with Gasteiger partial charge in [-0.1, -0.05) is 31.9 Å². The fourth-order valence-electron chi connectivity index (χ4n) is 7.30. The number of alkyl halides is 2. The summed E-state index contributed by atoms with van der Waals surface area (Å²) in [4.78, 5) is 66.1. The lowest BCUT2D eigenvalue weighted by molar-refractivity contribution is -0.141. The van der Waals surface area contributed by atoms with Gasteiger partial charge in [0.2, 0.25) is 33.6 Å². The van der Waals surface area contributed by atoms with Crippen LogP contribution in [0, 0.1) is 5.92 Å². The van der Waals surface area contributed by atoms with Gasteiger partial charge in [0.1, 0.15) is 35.0 Å². The van der Waals surface area contributed by atoms with E-state index in [0.29, 0.717) is 48.8 Å². The van der Waals surface area contributed by atoms with Crippen molar-refractivity contribution in [3.63, 3.8) is 0 Å². The minimum absolute atomic E-state index is 0.0801. The number of nitrogens with one attached hydrogen (secondary N) is 3. The van der Waals surface area contributed by atoms with Crippen LogP contribution in [0.15, 0.2) is 24.3 Å². The molecule has 2 aromatic rings. The third-order valence-electron chi connectivity index (χ3n) is 10.8. The van der Waals surface area contributed by atoms with Crippen LogP contribution in [-0.4, -0.2) is 93.6 Å². The van der Waals surface area contributed by atoms with Crippen LogP contribution in [0.25, 0.3) is 11.0 Å². The first kappa shape index (κ1) is 39.5. The van der Waals surface area contributed by atoms with Crippen LogP contribution < -0.4 is 20.1 Å². The maximum Gasteiger partial charge on any atom is 0.408 e. The summed E-state index contributed by atoms with van der Waals surface area (Å²) in [6, 6.07) is 4.79. The summed E-state index contributed by atoms with van der Waals surface area (Å²) in [5, 5.41) is 5.27. The number of halogens is 2. The summed E-state index contributed by atoms with van der Waals surface area (Å²) in [5.41, 5.74) is -1.03. The van der Waals surface area contributed by atoms with E-state index in [1.807, 2.05) is 25.1 Å². The van der Waals surface area contributed by atoms with Crippen molar-refractivity contribution >= 4 is 44.9 Å². The fourth-order valence-corrected chi connectivity index (χ4v) is 8.62. The third kappa shape index (κ3) is 8.55. The Balaban J connectivity index is 1.33. The van der Waals surface area contributed by atoms with E-state index < -0.39 is 92.6 Å². The largest absolute Gasteiger partial charge is 0.471 e. The summed E-state index contributed by atoms with van der Waals surface area (Å²) in [6.07, 6.45) is -1.25. The monoisotopic (exact) mass is 776 g/mol. The van der Waals surface area contributed by atoms with Gasteiger partial charge in [0.05, 0.1) is 22.3 Å². The zero-order valence-electron chi connectivity index (χ0n) is 31.4. The van der Waals surface area contributed by atoms with Crippen molar-refractivity contribution in [2.24, 2.45) is 5.92 Å². The zero-order valence-corrected chi connectivity index (χ0v) is 32.2. The summed E-state index contributed by atoms with van der Waals surface area (Å²) in [5.74, 6) is -6.58. The molecule has 0 bridgehead atoms. The number of aromatic nitrogens is 2. The number of hydrogen-bond donors (Lipinski definition) is 3. The second-order valence-corrected chi connectivity index (χ2v) is 18.6. The first-order chi connectivity index (χ1) is 25.2. The Hall–Kier alpha value is -4.15. The van der Waals surface area contributed by atoms with Gasteiger partial charge in [-0.3, -0.25) is 19.1 Å². The Kier molecular flexibility index (Phi) is 10.6. The predicted molar refractivity (Wildman–Crippen MR) is 193 cm³/mol. The number of aryl methyl sites for hydroxylation is 1. The van der Waals surface area contributed by atoms with Crippen molar-refractivity contribution in [3.8, 4) is 5.88 Å². The highest BCUT2D eigenvalue weighted by Gasteiger charge is 2.65. The molecule has 14 nitrogen and oxygen atoms in total. The van der Waals surface area contributed by atoms with Crippen molar-refractivity contribution in [3.05, 3.63) is 30.0 Å². The standard InChI is InChI=1S/C37H50F2N6O8S/c1-6-24-30(41-26-13-10-9-12-25(26)40-24)52-23-18-28-29(46)43-37(32(48)44-54(50,51)35(5)16-17-35)20-22(37)19-36(38,39)15-11-7-8-14-27(31(47)45(28)21-23)42-33(49)53-34(2,3)4/h9-10,12-13,22-23,27-28H,6-8,11,14-21H2,1-5H3,(H,42,49)(H,43,46)(H,44,48)/t22-,23-,27+,28+,37-/m1/s1. The van der Waals surface area contributed by atoms with Crippen molar-refractivity contribution in [1.29, 1.82) is 0 Å². The molecule has 3 heterocycles. The smallest absolute Gasteiger partial charge is 0.408 e. The Bertz CT molecular complexity index is 1920. The van der Waals surface area contributed by atoms with Crippen LogP contribution in [0.2, 0.25) is 0 Å². The van der Waals surface area contributed by atoms with E-state index in [9.17, 15) is 27.6 Å². The van der Waals surface area contributed by atoms with Crippen LogP contribution in [0.1, 0.15) is 105 Å². The molecule has 4 fully saturated rings. The fraction of sp³-hybridized carbons (Fsp3) is 0.676. The maximum absolute atomic E-state index is 15.4. The number of ether oxygens (including phenoxy) is 2. The molecule has 2 aliphatic heterocycles. The van der Waals surface area contributed by atoms with Crippen molar-refractivity contribution in [2.75, 3.05) is 6.54 Å². The molecule has 17 heteroatoms. The zero-order chi connectivity index (χ0) is 39.3. The van der Waals surface area contributed by atoms with Gasteiger partial charge in [-0.25, -0.2) is 32.0 Å². The molecule has 4 amide bonds. The molecule has 2 aliphatic carbocycles. The van der Waals surface area contributed by atoms with Crippen LogP contribution >= 0.6 is 0 Å². The highest BCUT2D eigenvalue weighted by Crippen LogP contribution is 2.51. The van der Waals surface area contributed by atoms with E-state index in [-0.39, 0.29) is 38.1 Å². The number of para-hydroxylation sites is 2. The molecule has 4 aliphatic rings. The highest BCUT2D eigenvalue weighted by molar-refractivity contribution is 7.91. The number of carbonyl (C=O) groups is 4. The second kappa shape index (κ2) is 14.5. The van der Waals surface area contributed by atoms with E-state index in [1.54, 1.807) is 26.8 Å². The second-order valence-electron chi connectivity index (χ2n) is 16.4.